The van der Waals surface area contributed by atoms with Gasteiger partial charge in [0.15, 0.2) is 10.8 Å². The van der Waals surface area contributed by atoms with Crippen molar-refractivity contribution in [1.29, 1.82) is 0 Å². The maximum atomic E-state index is 13.1. The molecule has 0 bridgehead atoms. The molecule has 0 saturated carbocycles. The van der Waals surface area contributed by atoms with Crippen molar-refractivity contribution in [2.75, 3.05) is 44.1 Å². The van der Waals surface area contributed by atoms with Crippen LogP contribution >= 0.6 is 11.3 Å². The van der Waals surface area contributed by atoms with E-state index in [9.17, 15) is 14.4 Å². The van der Waals surface area contributed by atoms with Crippen molar-refractivity contribution in [1.82, 2.24) is 19.9 Å². The van der Waals surface area contributed by atoms with Crippen LogP contribution in [0.2, 0.25) is 0 Å². The van der Waals surface area contributed by atoms with Crippen LogP contribution in [0.4, 0.5) is 10.8 Å². The molecule has 3 heterocycles. The van der Waals surface area contributed by atoms with Crippen LogP contribution in [0.1, 0.15) is 26.2 Å². The Kier molecular flexibility index (Phi) is 8.04. The quantitative estimate of drug-likeness (QED) is 0.445. The molecule has 0 radical (unpaired) electrons. The van der Waals surface area contributed by atoms with E-state index in [0.29, 0.717) is 45.8 Å². The van der Waals surface area contributed by atoms with Gasteiger partial charge in [0.1, 0.15) is 29.1 Å². The Balaban J connectivity index is 1.48. The van der Waals surface area contributed by atoms with Crippen LogP contribution < -0.4 is 30.6 Å². The Labute approximate surface area is 212 Å². The fourth-order valence-corrected chi connectivity index (χ4v) is 5.09. The molecule has 11 nitrogen and oxygen atoms in total. The van der Waals surface area contributed by atoms with Gasteiger partial charge in [0.25, 0.3) is 5.56 Å². The molecule has 2 aromatic heterocycles. The van der Waals surface area contributed by atoms with Gasteiger partial charge in [-0.15, -0.1) is 0 Å². The van der Waals surface area contributed by atoms with E-state index in [1.807, 2.05) is 11.8 Å². The second kappa shape index (κ2) is 11.4. The highest BCUT2D eigenvalue weighted by Crippen LogP contribution is 2.30. The van der Waals surface area contributed by atoms with Crippen LogP contribution in [0.5, 0.6) is 11.5 Å². The van der Waals surface area contributed by atoms with Crippen molar-refractivity contribution in [3.05, 3.63) is 34.9 Å². The molecule has 2 amide bonds. The molecule has 2 N–H and O–H groups in total. The lowest BCUT2D eigenvalue weighted by atomic mass is 9.97. The number of piperidine rings is 1. The maximum absolute atomic E-state index is 13.1. The second-order valence-electron chi connectivity index (χ2n) is 8.52. The predicted octanol–water partition coefficient (Wildman–Crippen LogP) is 2.25. The summed E-state index contributed by atoms with van der Waals surface area (Å²) in [6.07, 6.45) is 3.92. The number of methoxy groups -OCH3 is 2. The molecule has 1 aromatic carbocycles. The van der Waals surface area contributed by atoms with Crippen LogP contribution in [-0.2, 0) is 16.1 Å². The van der Waals surface area contributed by atoms with E-state index < -0.39 is 5.91 Å². The highest BCUT2D eigenvalue weighted by Gasteiger charge is 2.28. The number of thiazole rings is 1. The van der Waals surface area contributed by atoms with Gasteiger partial charge in [-0.1, -0.05) is 18.3 Å². The van der Waals surface area contributed by atoms with Crippen LogP contribution in [0.3, 0.4) is 0 Å². The first-order valence-corrected chi connectivity index (χ1v) is 12.7. The summed E-state index contributed by atoms with van der Waals surface area (Å²) in [6, 6.07) is 5.03. The number of rotatable bonds is 9. The van der Waals surface area contributed by atoms with Crippen LogP contribution in [0.15, 0.2) is 29.3 Å². The molecule has 1 unspecified atom stereocenters. The summed E-state index contributed by atoms with van der Waals surface area (Å²) in [5, 5.41) is 6.38. The van der Waals surface area contributed by atoms with Gasteiger partial charge in [-0.05, 0) is 31.4 Å². The number of fused-ring (bicyclic) bond motifs is 1. The van der Waals surface area contributed by atoms with Crippen LogP contribution in [0.25, 0.3) is 10.3 Å². The van der Waals surface area contributed by atoms with Gasteiger partial charge in [0, 0.05) is 25.7 Å². The number of nitrogens with one attached hydrogen (secondary N) is 2. The molecule has 1 aliphatic rings. The Bertz CT molecular complexity index is 1310. The molecule has 0 aliphatic carbocycles. The number of carbonyl (C=O) groups excluding carboxylic acids is 2. The summed E-state index contributed by atoms with van der Waals surface area (Å²) in [4.78, 5) is 49.1. The predicted molar refractivity (Wildman–Crippen MR) is 138 cm³/mol. The molecule has 1 saturated heterocycles. The maximum Gasteiger partial charge on any atom is 0.273 e. The molecule has 0 spiro atoms. The highest BCUT2D eigenvalue weighted by molar-refractivity contribution is 7.22. The minimum absolute atomic E-state index is 0.0580. The average Bonchev–Trinajstić information content (AvgIpc) is 3.34. The standard InChI is InChI=1S/C24H30N6O5S/c1-4-9-25-22(32)15-6-5-10-29(12-15)24-28-21-20(36-24)23(33)30(14-26-21)13-19(31)27-17-8-7-16(34-2)11-18(17)35-3/h7-8,11,14-15H,4-6,9-10,12-13H2,1-3H3,(H,25,32)(H,27,31). The monoisotopic (exact) mass is 514 g/mol. The van der Waals surface area contributed by atoms with Crippen molar-refractivity contribution in [2.45, 2.75) is 32.7 Å². The number of hydrogen-bond donors (Lipinski definition) is 2. The third-order valence-electron chi connectivity index (χ3n) is 5.98. The number of benzene rings is 1. The Hall–Kier alpha value is -3.67. The van der Waals surface area contributed by atoms with Gasteiger partial charge in [-0.3, -0.25) is 19.0 Å². The van der Waals surface area contributed by atoms with Gasteiger partial charge in [-0.2, -0.15) is 4.98 Å². The number of nitrogens with zero attached hydrogens (tertiary/aromatic N) is 4. The summed E-state index contributed by atoms with van der Waals surface area (Å²) < 4.78 is 12.1. The molecule has 36 heavy (non-hydrogen) atoms. The molecule has 12 heteroatoms. The molecule has 1 atom stereocenters. The smallest absolute Gasteiger partial charge is 0.273 e. The molecule has 1 aliphatic heterocycles. The summed E-state index contributed by atoms with van der Waals surface area (Å²) in [7, 11) is 3.04. The highest BCUT2D eigenvalue weighted by atomic mass is 32.1. The fourth-order valence-electron chi connectivity index (χ4n) is 4.09. The number of anilines is 2. The molecular formula is C24H30N6O5S. The van der Waals surface area contributed by atoms with Crippen LogP contribution in [0, 0.1) is 5.92 Å². The van der Waals surface area contributed by atoms with Gasteiger partial charge in [0.05, 0.1) is 25.8 Å². The molecule has 192 valence electrons. The SMILES string of the molecule is CCCNC(=O)C1CCCN(c2nc3ncn(CC(=O)Nc4ccc(OC)cc4OC)c(=O)c3s2)C1. The number of aromatic nitrogens is 3. The third kappa shape index (κ3) is 5.59. The average molecular weight is 515 g/mol. The van der Waals surface area contributed by atoms with Crippen molar-refractivity contribution >= 4 is 44.3 Å². The number of hydrogen-bond acceptors (Lipinski definition) is 9. The van der Waals surface area contributed by atoms with E-state index in [0.717, 1.165) is 25.8 Å². The fraction of sp³-hybridized carbons (Fsp3) is 0.458. The number of amides is 2. The zero-order chi connectivity index (χ0) is 25.7. The van der Waals surface area contributed by atoms with E-state index in [1.165, 1.54) is 29.3 Å². The lowest BCUT2D eigenvalue weighted by molar-refractivity contribution is -0.125. The topological polar surface area (TPSA) is 128 Å². The summed E-state index contributed by atoms with van der Waals surface area (Å²) in [5.41, 5.74) is 0.467. The molecular weight excluding hydrogens is 484 g/mol. The van der Waals surface area contributed by atoms with Crippen molar-refractivity contribution in [3.8, 4) is 11.5 Å². The van der Waals surface area contributed by atoms with Gasteiger partial charge in [-0.25, -0.2) is 4.98 Å². The zero-order valence-corrected chi connectivity index (χ0v) is 21.4. The normalized spacial score (nSPS) is 15.5. The van der Waals surface area contributed by atoms with Gasteiger partial charge < -0.3 is 25.0 Å². The summed E-state index contributed by atoms with van der Waals surface area (Å²) in [5.74, 6) is 0.587. The van der Waals surface area contributed by atoms with E-state index in [4.69, 9.17) is 9.47 Å². The van der Waals surface area contributed by atoms with Gasteiger partial charge in [0.2, 0.25) is 11.8 Å². The molecule has 4 rings (SSSR count). The van der Waals surface area contributed by atoms with E-state index in [-0.39, 0.29) is 23.9 Å². The van der Waals surface area contributed by atoms with Gasteiger partial charge >= 0.3 is 0 Å². The van der Waals surface area contributed by atoms with E-state index in [2.05, 4.69) is 20.6 Å². The largest absolute Gasteiger partial charge is 0.497 e. The Morgan fingerprint density at radius 3 is 2.83 bits per heavy atom. The second-order valence-corrected chi connectivity index (χ2v) is 9.49. The first-order chi connectivity index (χ1) is 17.4. The first-order valence-electron chi connectivity index (χ1n) is 11.8. The summed E-state index contributed by atoms with van der Waals surface area (Å²) in [6.45, 7) is 3.79. The minimum atomic E-state index is -0.400. The minimum Gasteiger partial charge on any atom is -0.497 e. The Morgan fingerprint density at radius 1 is 1.25 bits per heavy atom. The number of ether oxygens (including phenoxy) is 2. The molecule has 3 aromatic rings. The van der Waals surface area contributed by atoms with E-state index >= 15 is 0 Å². The van der Waals surface area contributed by atoms with Crippen LogP contribution in [-0.4, -0.2) is 60.2 Å². The molecule has 1 fully saturated rings. The lowest BCUT2D eigenvalue weighted by Gasteiger charge is -2.31. The first kappa shape index (κ1) is 25.4. The van der Waals surface area contributed by atoms with E-state index in [1.54, 1.807) is 25.3 Å². The third-order valence-corrected chi connectivity index (χ3v) is 7.07. The lowest BCUT2D eigenvalue weighted by Crippen LogP contribution is -2.43. The van der Waals surface area contributed by atoms with Crippen molar-refractivity contribution in [3.63, 3.8) is 0 Å². The Morgan fingerprint density at radius 2 is 2.08 bits per heavy atom. The van der Waals surface area contributed by atoms with Crippen molar-refractivity contribution in [2.24, 2.45) is 5.92 Å². The van der Waals surface area contributed by atoms with Crippen molar-refractivity contribution < 1.29 is 19.1 Å². The summed E-state index contributed by atoms with van der Waals surface area (Å²) >= 11 is 1.24. The zero-order valence-electron chi connectivity index (χ0n) is 20.6. The number of carbonyl (C=O) groups is 2.